The number of carbonyl (C=O) groups is 1. The van der Waals surface area contributed by atoms with Crippen LogP contribution in [0.25, 0.3) is 11.3 Å². The van der Waals surface area contributed by atoms with E-state index in [1.807, 2.05) is 24.3 Å². The van der Waals surface area contributed by atoms with E-state index >= 15 is 0 Å². The number of nitrogens with zero attached hydrogens (tertiary/aromatic N) is 1. The highest BCUT2D eigenvalue weighted by Gasteiger charge is 2.20. The topological polar surface area (TPSA) is 63.3 Å². The molecule has 1 N–H and O–H groups in total. The summed E-state index contributed by atoms with van der Waals surface area (Å²) in [6, 6.07) is 7.72. The van der Waals surface area contributed by atoms with Crippen LogP contribution in [0, 0.1) is 6.92 Å². The van der Waals surface area contributed by atoms with E-state index < -0.39 is 5.97 Å². The van der Waals surface area contributed by atoms with Crippen LogP contribution in [0.3, 0.4) is 0 Å². The molecule has 0 aliphatic carbocycles. The minimum atomic E-state index is -1.01. The van der Waals surface area contributed by atoms with Crippen molar-refractivity contribution >= 4 is 5.97 Å². The van der Waals surface area contributed by atoms with Gasteiger partial charge in [-0.05, 0) is 18.9 Å². The van der Waals surface area contributed by atoms with E-state index in [2.05, 4.69) is 12.1 Å². The fraction of sp³-hybridized carbons (Fsp3) is 0.286. The second kappa shape index (κ2) is 5.04. The molecule has 1 aromatic heterocycles. The summed E-state index contributed by atoms with van der Waals surface area (Å²) >= 11 is 0. The minimum absolute atomic E-state index is 0.137. The Hall–Kier alpha value is -2.10. The van der Waals surface area contributed by atoms with Crippen LogP contribution in [0.5, 0.6) is 0 Å². The van der Waals surface area contributed by atoms with E-state index in [1.54, 1.807) is 6.92 Å². The van der Waals surface area contributed by atoms with Crippen molar-refractivity contribution in [2.75, 3.05) is 0 Å². The molecule has 0 unspecified atom stereocenters. The molecule has 0 amide bonds. The molecule has 0 fully saturated rings. The Morgan fingerprint density at radius 1 is 1.33 bits per heavy atom. The van der Waals surface area contributed by atoms with Crippen molar-refractivity contribution in [3.8, 4) is 11.3 Å². The lowest BCUT2D eigenvalue weighted by molar-refractivity contribution is 0.0696. The first-order valence-corrected chi connectivity index (χ1v) is 5.92. The van der Waals surface area contributed by atoms with Gasteiger partial charge in [0.05, 0.1) is 5.69 Å². The molecule has 2 aromatic rings. The maximum absolute atomic E-state index is 11.1. The van der Waals surface area contributed by atoms with Gasteiger partial charge in [0.2, 0.25) is 0 Å². The summed E-state index contributed by atoms with van der Waals surface area (Å²) in [6.45, 7) is 3.75. The van der Waals surface area contributed by atoms with Crippen LogP contribution >= 0.6 is 0 Å². The van der Waals surface area contributed by atoms with Gasteiger partial charge in [0.15, 0.2) is 5.76 Å². The highest BCUT2D eigenvalue weighted by atomic mass is 16.5. The second-order valence-electron chi connectivity index (χ2n) is 4.22. The molecule has 4 nitrogen and oxygen atoms in total. The zero-order valence-corrected chi connectivity index (χ0v) is 10.4. The average Bonchev–Trinajstić information content (AvgIpc) is 2.73. The van der Waals surface area contributed by atoms with Crippen molar-refractivity contribution in [3.05, 3.63) is 41.1 Å². The maximum Gasteiger partial charge on any atom is 0.341 e. The van der Waals surface area contributed by atoms with E-state index in [-0.39, 0.29) is 5.56 Å². The molecule has 0 bridgehead atoms. The highest BCUT2D eigenvalue weighted by molar-refractivity contribution is 5.95. The Labute approximate surface area is 105 Å². The molecule has 0 radical (unpaired) electrons. The molecule has 2 rings (SSSR count). The number of benzene rings is 1. The maximum atomic E-state index is 11.1. The van der Waals surface area contributed by atoms with Crippen LogP contribution in [0.4, 0.5) is 0 Å². The monoisotopic (exact) mass is 245 g/mol. The number of hydrogen-bond acceptors (Lipinski definition) is 3. The number of carboxylic acids is 1. The lowest BCUT2D eigenvalue weighted by atomic mass is 10.0. The summed E-state index contributed by atoms with van der Waals surface area (Å²) in [5.41, 5.74) is 2.51. The van der Waals surface area contributed by atoms with Crippen LogP contribution in [-0.2, 0) is 6.42 Å². The standard InChI is InChI=1S/C14H15NO3/c1-3-4-10-5-7-11(8-6-10)13-12(14(16)17)9(2)15-18-13/h5-8H,3-4H2,1-2H3,(H,16,17). The first-order chi connectivity index (χ1) is 8.63. The van der Waals surface area contributed by atoms with Crippen LogP contribution in [0.2, 0.25) is 0 Å². The van der Waals surface area contributed by atoms with Gasteiger partial charge < -0.3 is 9.63 Å². The Balaban J connectivity index is 2.40. The van der Waals surface area contributed by atoms with Gasteiger partial charge in [-0.25, -0.2) is 4.79 Å². The minimum Gasteiger partial charge on any atom is -0.477 e. The summed E-state index contributed by atoms with van der Waals surface area (Å²) < 4.78 is 5.11. The van der Waals surface area contributed by atoms with E-state index in [0.717, 1.165) is 18.4 Å². The van der Waals surface area contributed by atoms with Gasteiger partial charge in [0.25, 0.3) is 0 Å². The second-order valence-corrected chi connectivity index (χ2v) is 4.22. The first-order valence-electron chi connectivity index (χ1n) is 5.92. The largest absolute Gasteiger partial charge is 0.477 e. The van der Waals surface area contributed by atoms with Crippen molar-refractivity contribution in [3.63, 3.8) is 0 Å². The third-order valence-electron chi connectivity index (χ3n) is 2.83. The molecule has 18 heavy (non-hydrogen) atoms. The molecule has 4 heteroatoms. The van der Waals surface area contributed by atoms with Gasteiger partial charge in [0.1, 0.15) is 5.56 Å². The van der Waals surface area contributed by atoms with Crippen molar-refractivity contribution in [2.45, 2.75) is 26.7 Å². The van der Waals surface area contributed by atoms with Gasteiger partial charge in [-0.15, -0.1) is 0 Å². The van der Waals surface area contributed by atoms with E-state index in [1.165, 1.54) is 5.56 Å². The Kier molecular flexibility index (Phi) is 3.46. The van der Waals surface area contributed by atoms with Crippen LogP contribution in [0.15, 0.2) is 28.8 Å². The van der Waals surface area contributed by atoms with E-state index in [4.69, 9.17) is 9.63 Å². The number of hydrogen-bond donors (Lipinski definition) is 1. The van der Waals surface area contributed by atoms with Gasteiger partial charge in [-0.2, -0.15) is 0 Å². The lowest BCUT2D eigenvalue weighted by Gasteiger charge is -2.01. The molecule has 0 spiro atoms. The molecule has 0 aliphatic rings. The van der Waals surface area contributed by atoms with Crippen LogP contribution < -0.4 is 0 Å². The molecule has 0 saturated carbocycles. The van der Waals surface area contributed by atoms with Gasteiger partial charge in [-0.1, -0.05) is 42.8 Å². The van der Waals surface area contributed by atoms with E-state index in [0.29, 0.717) is 11.5 Å². The lowest BCUT2D eigenvalue weighted by Crippen LogP contribution is -1.99. The molecule has 0 atom stereocenters. The molecule has 1 heterocycles. The smallest absolute Gasteiger partial charge is 0.341 e. The summed E-state index contributed by atoms with van der Waals surface area (Å²) in [7, 11) is 0. The Morgan fingerprint density at radius 2 is 2.00 bits per heavy atom. The normalized spacial score (nSPS) is 10.6. The summed E-state index contributed by atoms with van der Waals surface area (Å²) in [5, 5.41) is 12.9. The number of carboxylic acid groups (broad SMARTS) is 1. The van der Waals surface area contributed by atoms with Crippen LogP contribution in [0.1, 0.15) is 35.0 Å². The number of rotatable bonds is 4. The van der Waals surface area contributed by atoms with Crippen molar-refractivity contribution < 1.29 is 14.4 Å². The fourth-order valence-corrected chi connectivity index (χ4v) is 1.93. The summed E-state index contributed by atoms with van der Waals surface area (Å²) in [4.78, 5) is 11.1. The predicted octanol–water partition coefficient (Wildman–Crippen LogP) is 3.30. The molecular weight excluding hydrogens is 230 g/mol. The third-order valence-corrected chi connectivity index (χ3v) is 2.83. The highest BCUT2D eigenvalue weighted by Crippen LogP contribution is 2.26. The molecule has 0 saturated heterocycles. The zero-order chi connectivity index (χ0) is 13.1. The summed E-state index contributed by atoms with van der Waals surface area (Å²) in [6.07, 6.45) is 2.10. The van der Waals surface area contributed by atoms with Crippen molar-refractivity contribution in [1.29, 1.82) is 0 Å². The fourth-order valence-electron chi connectivity index (χ4n) is 1.93. The number of aromatic carboxylic acids is 1. The number of aryl methyl sites for hydroxylation is 2. The van der Waals surface area contributed by atoms with Gasteiger partial charge in [-0.3, -0.25) is 0 Å². The first kappa shape index (κ1) is 12.4. The SMILES string of the molecule is CCCc1ccc(-c2onc(C)c2C(=O)O)cc1. The van der Waals surface area contributed by atoms with Crippen molar-refractivity contribution in [2.24, 2.45) is 0 Å². The Bertz CT molecular complexity index is 555. The third kappa shape index (κ3) is 2.27. The van der Waals surface area contributed by atoms with Gasteiger partial charge in [0, 0.05) is 5.56 Å². The predicted molar refractivity (Wildman–Crippen MR) is 67.6 cm³/mol. The summed E-state index contributed by atoms with van der Waals surface area (Å²) in [5.74, 6) is -0.690. The molecule has 94 valence electrons. The number of aromatic nitrogens is 1. The molecular formula is C14H15NO3. The van der Waals surface area contributed by atoms with Crippen LogP contribution in [-0.4, -0.2) is 16.2 Å². The molecule has 1 aromatic carbocycles. The molecule has 0 aliphatic heterocycles. The zero-order valence-electron chi connectivity index (χ0n) is 10.4. The van der Waals surface area contributed by atoms with Crippen molar-refractivity contribution in [1.82, 2.24) is 5.16 Å². The average molecular weight is 245 g/mol. The van der Waals surface area contributed by atoms with Gasteiger partial charge >= 0.3 is 5.97 Å². The van der Waals surface area contributed by atoms with E-state index in [9.17, 15) is 4.79 Å². The Morgan fingerprint density at radius 3 is 2.56 bits per heavy atom. The quantitative estimate of drug-likeness (QED) is 0.897.